The van der Waals surface area contributed by atoms with Gasteiger partial charge in [-0.05, 0) is 60.3 Å². The molecule has 0 saturated carbocycles. The van der Waals surface area contributed by atoms with Crippen LogP contribution in [0.3, 0.4) is 0 Å². The van der Waals surface area contributed by atoms with Crippen LogP contribution in [-0.4, -0.2) is 11.1 Å². The number of amides is 2. The third-order valence-electron chi connectivity index (χ3n) is 3.96. The highest BCUT2D eigenvalue weighted by molar-refractivity contribution is 8.19. The Morgan fingerprint density at radius 1 is 0.929 bits per heavy atom. The summed E-state index contributed by atoms with van der Waals surface area (Å²) in [5, 5.41) is 0.916. The first kappa shape index (κ1) is 19.2. The highest BCUT2D eigenvalue weighted by Gasteiger charge is 2.36. The lowest BCUT2D eigenvalue weighted by atomic mass is 10.2. The third-order valence-corrected chi connectivity index (χ3v) is 5.81. The van der Waals surface area contributed by atoms with Crippen LogP contribution in [0.25, 0.3) is 17.4 Å². The highest BCUT2D eigenvalue weighted by atomic mass is 35.5. The molecule has 0 spiro atoms. The molecule has 1 aromatic heterocycles. The summed E-state index contributed by atoms with van der Waals surface area (Å²) in [5.74, 6) is 0.585. The van der Waals surface area contributed by atoms with Gasteiger partial charge in [0.05, 0.1) is 20.6 Å². The van der Waals surface area contributed by atoms with E-state index in [1.165, 1.54) is 6.08 Å². The second kappa shape index (κ2) is 7.68. The van der Waals surface area contributed by atoms with Crippen molar-refractivity contribution in [1.82, 2.24) is 0 Å². The molecule has 4 rings (SSSR count). The number of hydrogen-bond donors (Lipinski definition) is 0. The van der Waals surface area contributed by atoms with E-state index in [1.54, 1.807) is 54.6 Å². The number of nitrogens with zero attached hydrogens (tertiary/aromatic N) is 1. The van der Waals surface area contributed by atoms with Gasteiger partial charge in [0, 0.05) is 16.7 Å². The van der Waals surface area contributed by atoms with Gasteiger partial charge in [0.2, 0.25) is 0 Å². The Morgan fingerprint density at radius 2 is 1.75 bits per heavy atom. The van der Waals surface area contributed by atoms with Gasteiger partial charge >= 0.3 is 0 Å². The Labute approximate surface area is 179 Å². The summed E-state index contributed by atoms with van der Waals surface area (Å²) >= 11 is 18.8. The monoisotopic (exact) mass is 449 g/mol. The molecule has 1 aliphatic heterocycles. The van der Waals surface area contributed by atoms with E-state index in [0.717, 1.165) is 22.2 Å². The molecule has 3 aromatic rings. The van der Waals surface area contributed by atoms with E-state index in [4.69, 9.17) is 39.2 Å². The van der Waals surface area contributed by atoms with E-state index in [1.807, 2.05) is 0 Å². The minimum absolute atomic E-state index is 0.264. The first-order valence-corrected chi connectivity index (χ1v) is 9.96. The minimum atomic E-state index is -0.426. The van der Waals surface area contributed by atoms with Crippen LogP contribution in [-0.2, 0) is 4.79 Å². The number of thioether (sulfide) groups is 1. The largest absolute Gasteiger partial charge is 0.457 e. The van der Waals surface area contributed by atoms with Gasteiger partial charge in [-0.3, -0.25) is 9.59 Å². The van der Waals surface area contributed by atoms with Crippen molar-refractivity contribution < 1.29 is 14.0 Å². The Kier molecular flexibility index (Phi) is 5.25. The number of halogens is 3. The predicted octanol–water partition coefficient (Wildman–Crippen LogP) is 7.15. The highest BCUT2D eigenvalue weighted by Crippen LogP contribution is 2.37. The lowest BCUT2D eigenvalue weighted by Crippen LogP contribution is -2.27. The summed E-state index contributed by atoms with van der Waals surface area (Å²) in [6, 6.07) is 15.2. The lowest BCUT2D eigenvalue weighted by Gasteiger charge is -2.12. The van der Waals surface area contributed by atoms with Crippen molar-refractivity contribution in [3.8, 4) is 11.3 Å². The van der Waals surface area contributed by atoms with Crippen molar-refractivity contribution in [2.24, 2.45) is 0 Å². The zero-order valence-corrected chi connectivity index (χ0v) is 17.1. The number of carbonyl (C=O) groups is 2. The Bertz CT molecular complexity index is 1140. The summed E-state index contributed by atoms with van der Waals surface area (Å²) in [7, 11) is 0. The average Bonchev–Trinajstić information content (AvgIpc) is 3.22. The molecule has 2 aromatic carbocycles. The Hall–Kier alpha value is -2.18. The fourth-order valence-corrected chi connectivity index (χ4v) is 3.97. The van der Waals surface area contributed by atoms with Crippen molar-refractivity contribution in [3.63, 3.8) is 0 Å². The number of benzene rings is 2. The summed E-state index contributed by atoms with van der Waals surface area (Å²) in [6.45, 7) is 0. The van der Waals surface area contributed by atoms with Crippen LogP contribution in [0.1, 0.15) is 5.76 Å². The molecule has 140 valence electrons. The number of rotatable bonds is 3. The van der Waals surface area contributed by atoms with Crippen molar-refractivity contribution >= 4 is 69.5 Å². The maximum atomic E-state index is 12.7. The van der Waals surface area contributed by atoms with Crippen molar-refractivity contribution in [3.05, 3.63) is 80.3 Å². The molecule has 0 unspecified atom stereocenters. The molecule has 2 heterocycles. The molecule has 1 fully saturated rings. The second-order valence-electron chi connectivity index (χ2n) is 5.83. The normalized spacial score (nSPS) is 15.7. The van der Waals surface area contributed by atoms with Gasteiger partial charge in [0.25, 0.3) is 11.1 Å². The fraction of sp³-hybridized carbons (Fsp3) is 0. The standard InChI is InChI=1S/C20H10Cl3NO3S/c21-12-2-1-3-13(9-12)24-19(25)18(28-20(24)26)10-14-5-7-17(27-14)11-4-6-15(22)16(23)8-11/h1-10H/b18-10+. The SMILES string of the molecule is O=C1S/C(=C/c2ccc(-c3ccc(Cl)c(Cl)c3)o2)C(=O)N1c1cccc(Cl)c1. The molecule has 1 aliphatic rings. The van der Waals surface area contributed by atoms with Gasteiger partial charge in [0.1, 0.15) is 11.5 Å². The average molecular weight is 451 g/mol. The molecule has 8 heteroatoms. The molecule has 0 atom stereocenters. The lowest BCUT2D eigenvalue weighted by molar-refractivity contribution is -0.113. The summed E-state index contributed by atoms with van der Waals surface area (Å²) in [6.07, 6.45) is 1.54. The number of imide groups is 1. The summed E-state index contributed by atoms with van der Waals surface area (Å²) in [4.78, 5) is 26.4. The molecule has 2 amide bonds. The van der Waals surface area contributed by atoms with Crippen LogP contribution in [0.4, 0.5) is 10.5 Å². The van der Waals surface area contributed by atoms with Crippen LogP contribution < -0.4 is 4.90 Å². The van der Waals surface area contributed by atoms with Crippen molar-refractivity contribution in [2.45, 2.75) is 0 Å². The van der Waals surface area contributed by atoms with Gasteiger partial charge in [-0.1, -0.05) is 40.9 Å². The number of carbonyl (C=O) groups excluding carboxylic acids is 2. The first-order chi connectivity index (χ1) is 13.4. The van der Waals surface area contributed by atoms with Crippen LogP contribution in [0.2, 0.25) is 15.1 Å². The van der Waals surface area contributed by atoms with E-state index in [2.05, 4.69) is 0 Å². The zero-order chi connectivity index (χ0) is 19.8. The zero-order valence-electron chi connectivity index (χ0n) is 14.0. The van der Waals surface area contributed by atoms with E-state index in [0.29, 0.717) is 32.3 Å². The van der Waals surface area contributed by atoms with Gasteiger partial charge < -0.3 is 4.42 Å². The number of hydrogen-bond acceptors (Lipinski definition) is 4. The smallest absolute Gasteiger partial charge is 0.298 e. The Balaban J connectivity index is 1.61. The van der Waals surface area contributed by atoms with Crippen LogP contribution in [0.5, 0.6) is 0 Å². The molecule has 0 bridgehead atoms. The predicted molar refractivity (Wildman–Crippen MR) is 114 cm³/mol. The third kappa shape index (κ3) is 3.71. The molecule has 0 aliphatic carbocycles. The van der Waals surface area contributed by atoms with Crippen LogP contribution in [0.15, 0.2) is 63.9 Å². The molecule has 0 N–H and O–H groups in total. The van der Waals surface area contributed by atoms with Gasteiger partial charge in [-0.15, -0.1) is 0 Å². The molecule has 0 radical (unpaired) electrons. The topological polar surface area (TPSA) is 50.5 Å². The fourth-order valence-electron chi connectivity index (χ4n) is 2.67. The summed E-state index contributed by atoms with van der Waals surface area (Å²) in [5.41, 5.74) is 1.18. The number of furan rings is 1. The van der Waals surface area contributed by atoms with Gasteiger partial charge in [0.15, 0.2) is 0 Å². The van der Waals surface area contributed by atoms with Crippen LogP contribution >= 0.6 is 46.6 Å². The first-order valence-electron chi connectivity index (χ1n) is 8.01. The van der Waals surface area contributed by atoms with Crippen molar-refractivity contribution in [2.75, 3.05) is 4.90 Å². The quantitative estimate of drug-likeness (QED) is 0.398. The summed E-state index contributed by atoms with van der Waals surface area (Å²) < 4.78 is 5.78. The van der Waals surface area contributed by atoms with Crippen molar-refractivity contribution in [1.29, 1.82) is 0 Å². The molecule has 28 heavy (non-hydrogen) atoms. The van der Waals surface area contributed by atoms with E-state index in [9.17, 15) is 9.59 Å². The molecular weight excluding hydrogens is 441 g/mol. The molecule has 1 saturated heterocycles. The van der Waals surface area contributed by atoms with Gasteiger partial charge in [-0.2, -0.15) is 0 Å². The van der Waals surface area contributed by atoms with Crippen LogP contribution in [0, 0.1) is 0 Å². The van der Waals surface area contributed by atoms with E-state index >= 15 is 0 Å². The number of anilines is 1. The van der Waals surface area contributed by atoms with Gasteiger partial charge in [-0.25, -0.2) is 4.90 Å². The maximum Gasteiger partial charge on any atom is 0.298 e. The minimum Gasteiger partial charge on any atom is -0.457 e. The van der Waals surface area contributed by atoms with E-state index in [-0.39, 0.29) is 4.91 Å². The van der Waals surface area contributed by atoms with E-state index < -0.39 is 11.1 Å². The molecule has 4 nitrogen and oxygen atoms in total. The second-order valence-corrected chi connectivity index (χ2v) is 8.07. The Morgan fingerprint density at radius 3 is 2.50 bits per heavy atom. The maximum absolute atomic E-state index is 12.7. The molecular formula is C20H10Cl3NO3S.